The van der Waals surface area contributed by atoms with E-state index in [-0.39, 0.29) is 5.75 Å². The summed E-state index contributed by atoms with van der Waals surface area (Å²) in [6.45, 7) is 5.97. The summed E-state index contributed by atoms with van der Waals surface area (Å²) in [5.74, 6) is 0.102. The maximum atomic E-state index is 10.8. The second-order valence-corrected chi connectivity index (χ2v) is 6.24. The highest BCUT2D eigenvalue weighted by Gasteiger charge is 2.25. The minimum atomic E-state index is -0.817. The summed E-state index contributed by atoms with van der Waals surface area (Å²) in [4.78, 5) is 13.0. The molecular weight excluding hydrogens is 288 g/mol. The van der Waals surface area contributed by atoms with Gasteiger partial charge in [0.05, 0.1) is 5.75 Å². The van der Waals surface area contributed by atoms with Gasteiger partial charge in [-0.1, -0.05) is 31.0 Å². The van der Waals surface area contributed by atoms with Crippen LogP contribution in [0.5, 0.6) is 0 Å². The Hall–Kier alpha value is -1.24. The molecule has 1 aliphatic carbocycles. The molecule has 1 fully saturated rings. The molecule has 6 nitrogen and oxygen atoms in total. The van der Waals surface area contributed by atoms with E-state index in [2.05, 4.69) is 33.5 Å². The summed E-state index contributed by atoms with van der Waals surface area (Å²) >= 11 is 1.27. The maximum Gasteiger partial charge on any atom is 0.313 e. The van der Waals surface area contributed by atoms with Crippen LogP contribution in [0.25, 0.3) is 0 Å². The SMILES string of the molecule is CCN(CC)c1nnc(SCC(=O)O)n1C1CCCCC1. The summed E-state index contributed by atoms with van der Waals surface area (Å²) in [6.07, 6.45) is 6.00. The van der Waals surface area contributed by atoms with Crippen LogP contribution >= 0.6 is 11.8 Å². The number of carboxylic acids is 1. The number of hydrogen-bond donors (Lipinski definition) is 1. The first-order valence-corrected chi connectivity index (χ1v) is 8.70. The minimum absolute atomic E-state index is 0.0309. The van der Waals surface area contributed by atoms with E-state index in [1.807, 2.05) is 0 Å². The number of carbonyl (C=O) groups is 1. The second kappa shape index (κ2) is 7.68. The molecule has 1 aromatic heterocycles. The molecule has 7 heteroatoms. The Kier molecular flexibility index (Phi) is 5.90. The summed E-state index contributed by atoms with van der Waals surface area (Å²) in [5, 5.41) is 18.2. The van der Waals surface area contributed by atoms with Gasteiger partial charge in [0.1, 0.15) is 0 Å². The molecule has 0 atom stereocenters. The van der Waals surface area contributed by atoms with Gasteiger partial charge in [-0.15, -0.1) is 10.2 Å². The Morgan fingerprint density at radius 1 is 1.29 bits per heavy atom. The normalized spacial score (nSPS) is 16.1. The largest absolute Gasteiger partial charge is 0.481 e. The predicted molar refractivity (Wildman–Crippen MR) is 84.1 cm³/mol. The van der Waals surface area contributed by atoms with E-state index in [1.54, 1.807) is 0 Å². The fourth-order valence-electron chi connectivity index (χ4n) is 2.87. The van der Waals surface area contributed by atoms with E-state index in [1.165, 1.54) is 31.0 Å². The Labute approximate surface area is 129 Å². The first-order chi connectivity index (χ1) is 10.2. The monoisotopic (exact) mass is 312 g/mol. The number of aliphatic carboxylic acids is 1. The van der Waals surface area contributed by atoms with Crippen molar-refractivity contribution >= 4 is 23.7 Å². The van der Waals surface area contributed by atoms with E-state index in [0.717, 1.165) is 37.0 Å². The Balaban J connectivity index is 2.29. The van der Waals surface area contributed by atoms with Gasteiger partial charge in [-0.3, -0.25) is 9.36 Å². The molecule has 0 radical (unpaired) electrons. The Bertz CT molecular complexity index is 468. The standard InChI is InChI=1S/C14H24N4O2S/c1-3-17(4-2)13-15-16-14(21-10-12(19)20)18(13)11-8-6-5-7-9-11/h11H,3-10H2,1-2H3,(H,19,20). The summed E-state index contributed by atoms with van der Waals surface area (Å²) in [5.41, 5.74) is 0. The highest BCUT2D eigenvalue weighted by atomic mass is 32.2. The van der Waals surface area contributed by atoms with Crippen molar-refractivity contribution in [2.75, 3.05) is 23.7 Å². The molecule has 2 rings (SSSR count). The van der Waals surface area contributed by atoms with Crippen molar-refractivity contribution in [3.63, 3.8) is 0 Å². The second-order valence-electron chi connectivity index (χ2n) is 5.30. The smallest absolute Gasteiger partial charge is 0.313 e. The van der Waals surface area contributed by atoms with Crippen LogP contribution in [0.4, 0.5) is 5.95 Å². The molecular formula is C14H24N4O2S. The molecule has 0 spiro atoms. The molecule has 21 heavy (non-hydrogen) atoms. The number of hydrogen-bond acceptors (Lipinski definition) is 5. The molecule has 118 valence electrons. The van der Waals surface area contributed by atoms with E-state index in [9.17, 15) is 4.79 Å². The number of thioether (sulfide) groups is 1. The summed E-state index contributed by atoms with van der Waals surface area (Å²) < 4.78 is 2.18. The molecule has 1 heterocycles. The molecule has 0 aromatic carbocycles. The highest BCUT2D eigenvalue weighted by molar-refractivity contribution is 7.99. The lowest BCUT2D eigenvalue weighted by Crippen LogP contribution is -2.27. The Morgan fingerprint density at radius 3 is 2.52 bits per heavy atom. The fraction of sp³-hybridized carbons (Fsp3) is 0.786. The average molecular weight is 312 g/mol. The zero-order valence-corrected chi connectivity index (χ0v) is 13.6. The van der Waals surface area contributed by atoms with Crippen molar-refractivity contribution in [3.8, 4) is 0 Å². The van der Waals surface area contributed by atoms with Crippen LogP contribution in [0.3, 0.4) is 0 Å². The van der Waals surface area contributed by atoms with Gasteiger partial charge in [-0.05, 0) is 26.7 Å². The third-order valence-electron chi connectivity index (χ3n) is 3.96. The lowest BCUT2D eigenvalue weighted by molar-refractivity contribution is -0.133. The molecule has 0 unspecified atom stereocenters. The van der Waals surface area contributed by atoms with Crippen molar-refractivity contribution in [2.45, 2.75) is 57.1 Å². The average Bonchev–Trinajstić information content (AvgIpc) is 2.91. The first-order valence-electron chi connectivity index (χ1n) is 7.71. The lowest BCUT2D eigenvalue weighted by Gasteiger charge is -2.28. The lowest BCUT2D eigenvalue weighted by atomic mass is 9.95. The van der Waals surface area contributed by atoms with Gasteiger partial charge in [0.25, 0.3) is 0 Å². The molecule has 0 bridgehead atoms. The number of carboxylic acid groups (broad SMARTS) is 1. The van der Waals surface area contributed by atoms with E-state index in [0.29, 0.717) is 6.04 Å². The maximum absolute atomic E-state index is 10.8. The van der Waals surface area contributed by atoms with Crippen LogP contribution < -0.4 is 4.90 Å². The quantitative estimate of drug-likeness (QED) is 0.781. The van der Waals surface area contributed by atoms with Crippen LogP contribution in [-0.2, 0) is 4.79 Å². The highest BCUT2D eigenvalue weighted by Crippen LogP contribution is 2.35. The predicted octanol–water partition coefficient (Wildman–Crippen LogP) is 2.81. The third kappa shape index (κ3) is 3.90. The van der Waals surface area contributed by atoms with Gasteiger partial charge in [-0.25, -0.2) is 0 Å². The van der Waals surface area contributed by atoms with E-state index < -0.39 is 5.97 Å². The summed E-state index contributed by atoms with van der Waals surface area (Å²) in [7, 11) is 0. The van der Waals surface area contributed by atoms with Crippen LogP contribution in [0, 0.1) is 0 Å². The van der Waals surface area contributed by atoms with Crippen LogP contribution in [0.1, 0.15) is 52.0 Å². The number of nitrogens with zero attached hydrogens (tertiary/aromatic N) is 4. The van der Waals surface area contributed by atoms with Crippen molar-refractivity contribution in [1.82, 2.24) is 14.8 Å². The molecule has 0 aliphatic heterocycles. The van der Waals surface area contributed by atoms with Crippen molar-refractivity contribution in [3.05, 3.63) is 0 Å². The minimum Gasteiger partial charge on any atom is -0.481 e. The van der Waals surface area contributed by atoms with Crippen molar-refractivity contribution in [2.24, 2.45) is 0 Å². The van der Waals surface area contributed by atoms with Gasteiger partial charge in [0, 0.05) is 19.1 Å². The van der Waals surface area contributed by atoms with Gasteiger partial charge < -0.3 is 10.0 Å². The topological polar surface area (TPSA) is 71.2 Å². The third-order valence-corrected chi connectivity index (χ3v) is 4.89. The van der Waals surface area contributed by atoms with E-state index >= 15 is 0 Å². The summed E-state index contributed by atoms with van der Waals surface area (Å²) in [6, 6.07) is 0.403. The molecule has 1 N–H and O–H groups in total. The van der Waals surface area contributed by atoms with Gasteiger partial charge in [-0.2, -0.15) is 0 Å². The zero-order valence-electron chi connectivity index (χ0n) is 12.8. The van der Waals surface area contributed by atoms with Crippen LogP contribution in [0.15, 0.2) is 5.16 Å². The Morgan fingerprint density at radius 2 is 1.95 bits per heavy atom. The zero-order chi connectivity index (χ0) is 15.2. The van der Waals surface area contributed by atoms with Crippen molar-refractivity contribution < 1.29 is 9.90 Å². The van der Waals surface area contributed by atoms with Gasteiger partial charge >= 0.3 is 5.97 Å². The van der Waals surface area contributed by atoms with Gasteiger partial charge in [0.15, 0.2) is 5.16 Å². The number of aromatic nitrogens is 3. The molecule has 0 amide bonds. The first kappa shape index (κ1) is 16.1. The number of rotatable bonds is 7. The van der Waals surface area contributed by atoms with Crippen LogP contribution in [0.2, 0.25) is 0 Å². The molecule has 0 saturated heterocycles. The van der Waals surface area contributed by atoms with E-state index in [4.69, 9.17) is 5.11 Å². The number of anilines is 1. The fourth-order valence-corrected chi connectivity index (χ4v) is 3.60. The molecule has 1 aliphatic rings. The molecule has 1 aromatic rings. The van der Waals surface area contributed by atoms with Crippen LogP contribution in [-0.4, -0.2) is 44.7 Å². The van der Waals surface area contributed by atoms with Gasteiger partial charge in [0.2, 0.25) is 5.95 Å². The molecule has 1 saturated carbocycles. The van der Waals surface area contributed by atoms with Crippen molar-refractivity contribution in [1.29, 1.82) is 0 Å².